The van der Waals surface area contributed by atoms with Gasteiger partial charge in [-0.15, -0.1) is 0 Å². The van der Waals surface area contributed by atoms with Gasteiger partial charge in [0, 0.05) is 6.20 Å². The van der Waals surface area contributed by atoms with Gasteiger partial charge in [0.15, 0.2) is 5.82 Å². The molecule has 0 aliphatic heterocycles. The van der Waals surface area contributed by atoms with E-state index in [0.717, 1.165) is 0 Å². The van der Waals surface area contributed by atoms with Gasteiger partial charge in [0.2, 0.25) is 10.0 Å². The van der Waals surface area contributed by atoms with E-state index in [2.05, 4.69) is 9.71 Å². The number of sulfonamides is 1. The minimum atomic E-state index is -3.32. The molecule has 0 radical (unpaired) electrons. The van der Waals surface area contributed by atoms with E-state index < -0.39 is 15.3 Å². The van der Waals surface area contributed by atoms with E-state index in [0.29, 0.717) is 11.5 Å². The maximum absolute atomic E-state index is 11.6. The van der Waals surface area contributed by atoms with Gasteiger partial charge in [-0.2, -0.15) is 0 Å². The smallest absolute Gasteiger partial charge is 0.236 e. The predicted octanol–water partition coefficient (Wildman–Crippen LogP) is 1.48. The number of hydrogen-bond donors (Lipinski definition) is 1. The second-order valence-corrected chi connectivity index (χ2v) is 6.03. The molecular weight excluding hydrogens is 226 g/mol. The van der Waals surface area contributed by atoms with Crippen molar-refractivity contribution < 1.29 is 8.42 Å². The van der Waals surface area contributed by atoms with Gasteiger partial charge in [-0.25, -0.2) is 13.4 Å². The summed E-state index contributed by atoms with van der Waals surface area (Å²) in [6.45, 7) is 3.25. The molecule has 0 fully saturated rings. The van der Waals surface area contributed by atoms with Crippen LogP contribution in [0.4, 0.5) is 5.82 Å². The maximum Gasteiger partial charge on any atom is 0.236 e. The van der Waals surface area contributed by atoms with E-state index in [4.69, 9.17) is 0 Å². The zero-order valence-corrected chi connectivity index (χ0v) is 9.90. The number of aromatic nitrogens is 2. The molecule has 16 heavy (non-hydrogen) atoms. The quantitative estimate of drug-likeness (QED) is 0.882. The number of nitrogens with one attached hydrogen (secondary N) is 1. The lowest BCUT2D eigenvalue weighted by Gasteiger charge is -2.07. The van der Waals surface area contributed by atoms with Crippen molar-refractivity contribution in [2.45, 2.75) is 19.1 Å². The standard InChI is InChI=1S/C10H13N3O2S/c1-8(2)16(14,15)12-9-7-13-6-4-3-5-10(13)11-9/h3-8,12H,1-2H3. The number of imidazole rings is 1. The summed E-state index contributed by atoms with van der Waals surface area (Å²) >= 11 is 0. The van der Waals surface area contributed by atoms with Crippen LogP contribution in [-0.2, 0) is 10.0 Å². The molecule has 0 aromatic carbocycles. The molecule has 0 aliphatic carbocycles. The third-order valence-corrected chi connectivity index (χ3v) is 3.97. The molecule has 0 aliphatic rings. The van der Waals surface area contributed by atoms with Gasteiger partial charge in [-0.1, -0.05) is 6.07 Å². The van der Waals surface area contributed by atoms with Crippen LogP contribution in [-0.4, -0.2) is 23.1 Å². The number of nitrogens with zero attached hydrogens (tertiary/aromatic N) is 2. The first-order valence-corrected chi connectivity index (χ1v) is 6.49. The largest absolute Gasteiger partial charge is 0.305 e. The van der Waals surface area contributed by atoms with Crippen LogP contribution in [0.3, 0.4) is 0 Å². The minimum Gasteiger partial charge on any atom is -0.305 e. The fourth-order valence-corrected chi connectivity index (χ4v) is 1.87. The minimum absolute atomic E-state index is 0.347. The summed E-state index contributed by atoms with van der Waals surface area (Å²) < 4.78 is 27.4. The third kappa shape index (κ3) is 2.01. The molecule has 6 heteroatoms. The molecule has 0 atom stereocenters. The molecule has 1 N–H and O–H groups in total. The molecule has 86 valence electrons. The van der Waals surface area contributed by atoms with Crippen LogP contribution < -0.4 is 4.72 Å². The van der Waals surface area contributed by atoms with E-state index in [9.17, 15) is 8.42 Å². The molecule has 0 spiro atoms. The monoisotopic (exact) mass is 239 g/mol. The Hall–Kier alpha value is -1.56. The lowest BCUT2D eigenvalue weighted by molar-refractivity contribution is 0.592. The van der Waals surface area contributed by atoms with Gasteiger partial charge in [0.25, 0.3) is 0 Å². The molecule has 2 rings (SSSR count). The molecule has 0 saturated carbocycles. The van der Waals surface area contributed by atoms with Crippen LogP contribution in [0.15, 0.2) is 30.6 Å². The molecule has 0 bridgehead atoms. The highest BCUT2D eigenvalue weighted by Crippen LogP contribution is 2.12. The predicted molar refractivity (Wildman–Crippen MR) is 62.9 cm³/mol. The van der Waals surface area contributed by atoms with Crippen molar-refractivity contribution in [3.63, 3.8) is 0 Å². The first kappa shape index (κ1) is 10.9. The summed E-state index contributed by atoms with van der Waals surface area (Å²) in [4.78, 5) is 4.15. The van der Waals surface area contributed by atoms with Crippen LogP contribution >= 0.6 is 0 Å². The molecule has 0 unspecified atom stereocenters. The first-order chi connectivity index (χ1) is 7.49. The molecule has 2 aromatic rings. The van der Waals surface area contributed by atoms with Gasteiger partial charge in [-0.05, 0) is 26.0 Å². The van der Waals surface area contributed by atoms with Gasteiger partial charge in [0.1, 0.15) is 5.65 Å². The first-order valence-electron chi connectivity index (χ1n) is 4.94. The number of hydrogen-bond acceptors (Lipinski definition) is 3. The fraction of sp³-hybridized carbons (Fsp3) is 0.300. The lowest BCUT2D eigenvalue weighted by atomic mass is 10.5. The highest BCUT2D eigenvalue weighted by atomic mass is 32.2. The van der Waals surface area contributed by atoms with Crippen LogP contribution in [0.25, 0.3) is 5.65 Å². The van der Waals surface area contributed by atoms with E-state index >= 15 is 0 Å². The Morgan fingerprint density at radius 2 is 2.12 bits per heavy atom. The zero-order valence-electron chi connectivity index (χ0n) is 9.08. The van der Waals surface area contributed by atoms with Crippen molar-refractivity contribution in [2.75, 3.05) is 4.72 Å². The Labute approximate surface area is 94.2 Å². The number of pyridine rings is 1. The highest BCUT2D eigenvalue weighted by molar-refractivity contribution is 7.93. The average Bonchev–Trinajstić information content (AvgIpc) is 2.58. The van der Waals surface area contributed by atoms with E-state index in [1.807, 2.05) is 24.4 Å². The second kappa shape index (κ2) is 3.79. The highest BCUT2D eigenvalue weighted by Gasteiger charge is 2.16. The number of rotatable bonds is 3. The van der Waals surface area contributed by atoms with Crippen molar-refractivity contribution >= 4 is 21.5 Å². The van der Waals surface area contributed by atoms with Gasteiger partial charge >= 0.3 is 0 Å². The van der Waals surface area contributed by atoms with Crippen molar-refractivity contribution in [2.24, 2.45) is 0 Å². The van der Waals surface area contributed by atoms with E-state index in [-0.39, 0.29) is 0 Å². The van der Waals surface area contributed by atoms with Crippen LogP contribution in [0.5, 0.6) is 0 Å². The second-order valence-electron chi connectivity index (χ2n) is 3.79. The summed E-state index contributed by atoms with van der Waals surface area (Å²) in [7, 11) is -3.32. The van der Waals surface area contributed by atoms with Crippen LogP contribution in [0, 0.1) is 0 Å². The molecule has 5 nitrogen and oxygen atoms in total. The third-order valence-electron chi connectivity index (χ3n) is 2.23. The molecule has 2 aromatic heterocycles. The SMILES string of the molecule is CC(C)S(=O)(=O)Nc1cn2ccccc2n1. The van der Waals surface area contributed by atoms with Crippen molar-refractivity contribution in [3.05, 3.63) is 30.6 Å². The molecule has 0 amide bonds. The lowest BCUT2D eigenvalue weighted by Crippen LogP contribution is -2.22. The summed E-state index contributed by atoms with van der Waals surface area (Å²) in [6, 6.07) is 5.52. The van der Waals surface area contributed by atoms with Gasteiger partial charge < -0.3 is 4.40 Å². The zero-order chi connectivity index (χ0) is 11.8. The number of anilines is 1. The van der Waals surface area contributed by atoms with Crippen LogP contribution in [0.1, 0.15) is 13.8 Å². The Balaban J connectivity index is 2.36. The summed E-state index contributed by atoms with van der Waals surface area (Å²) in [5, 5.41) is -0.475. The Bertz CT molecular complexity index is 568. The summed E-state index contributed by atoms with van der Waals surface area (Å²) in [5.41, 5.74) is 0.712. The van der Waals surface area contributed by atoms with E-state index in [1.54, 1.807) is 24.4 Å². The van der Waals surface area contributed by atoms with Crippen molar-refractivity contribution in [1.82, 2.24) is 9.38 Å². The Morgan fingerprint density at radius 1 is 1.38 bits per heavy atom. The molecule has 2 heterocycles. The molecule has 0 saturated heterocycles. The van der Waals surface area contributed by atoms with Gasteiger partial charge in [-0.3, -0.25) is 4.72 Å². The topological polar surface area (TPSA) is 63.5 Å². The number of fused-ring (bicyclic) bond motifs is 1. The molecular formula is C10H13N3O2S. The van der Waals surface area contributed by atoms with Crippen molar-refractivity contribution in [1.29, 1.82) is 0 Å². The average molecular weight is 239 g/mol. The summed E-state index contributed by atoms with van der Waals surface area (Å²) in [5.74, 6) is 0.347. The normalized spacial score (nSPS) is 12.2. The van der Waals surface area contributed by atoms with Gasteiger partial charge in [0.05, 0.1) is 11.4 Å². The summed E-state index contributed by atoms with van der Waals surface area (Å²) in [6.07, 6.45) is 3.46. The van der Waals surface area contributed by atoms with Crippen LogP contribution in [0.2, 0.25) is 0 Å². The fourth-order valence-electron chi connectivity index (χ4n) is 1.25. The maximum atomic E-state index is 11.6. The Morgan fingerprint density at radius 3 is 2.75 bits per heavy atom. The van der Waals surface area contributed by atoms with E-state index in [1.165, 1.54) is 0 Å². The Kier molecular flexibility index (Phi) is 2.59. The van der Waals surface area contributed by atoms with Crippen molar-refractivity contribution in [3.8, 4) is 0 Å².